The molecule has 0 heterocycles. The number of hydrogen-bond acceptors (Lipinski definition) is 4. The molecule has 0 aliphatic carbocycles. The molecule has 0 aliphatic rings. The van der Waals surface area contributed by atoms with Gasteiger partial charge in [-0.2, -0.15) is 4.31 Å². The van der Waals surface area contributed by atoms with Crippen LogP contribution in [0.15, 0.2) is 12.7 Å². The van der Waals surface area contributed by atoms with Gasteiger partial charge >= 0.3 is 6.03 Å². The quantitative estimate of drug-likeness (QED) is 0.243. The Labute approximate surface area is 153 Å². The average Bonchev–Trinajstić information content (AvgIpc) is 2.49. The minimum Gasteiger partial charge on any atom is -0.331 e. The Bertz CT molecular complexity index is 479. The maximum absolute atomic E-state index is 12.2. The number of amides is 2. The highest BCUT2D eigenvalue weighted by atomic mass is 32.2. The number of nitrogens with one attached hydrogen (secondary N) is 3. The fraction of sp³-hybridized carbons (Fsp3) is 0.750. The largest absolute Gasteiger partial charge is 0.331 e. The van der Waals surface area contributed by atoms with E-state index in [4.69, 9.17) is 0 Å². The first kappa shape index (κ1) is 23.7. The molecule has 0 aromatic heterocycles. The monoisotopic (exact) mass is 376 g/mol. The summed E-state index contributed by atoms with van der Waals surface area (Å²) < 4.78 is 22.2. The zero-order valence-corrected chi connectivity index (χ0v) is 16.6. The topological polar surface area (TPSA) is 111 Å². The van der Waals surface area contributed by atoms with E-state index in [1.165, 1.54) is 17.3 Å². The van der Waals surface area contributed by atoms with Crippen molar-refractivity contribution in [3.05, 3.63) is 12.7 Å². The van der Waals surface area contributed by atoms with Crippen molar-refractivity contribution >= 4 is 23.1 Å². The van der Waals surface area contributed by atoms with Crippen molar-refractivity contribution in [2.45, 2.75) is 46.2 Å². The molecule has 0 saturated carbocycles. The van der Waals surface area contributed by atoms with E-state index in [-0.39, 0.29) is 12.3 Å². The number of rotatable bonds is 11. The van der Waals surface area contributed by atoms with E-state index in [0.29, 0.717) is 19.5 Å². The number of Topliss-reactive ketones (excluding diaryl/α,β-unsaturated/α-hetero) is 1. The van der Waals surface area contributed by atoms with Crippen LogP contribution in [0.1, 0.15) is 34.1 Å². The summed E-state index contributed by atoms with van der Waals surface area (Å²) in [4.78, 5) is 23.9. The van der Waals surface area contributed by atoms with E-state index in [9.17, 15) is 18.4 Å². The van der Waals surface area contributed by atoms with E-state index >= 15 is 0 Å². The predicted octanol–water partition coefficient (Wildman–Crippen LogP) is 0.892. The van der Waals surface area contributed by atoms with Gasteiger partial charge in [0.1, 0.15) is 0 Å². The maximum atomic E-state index is 12.2. The summed E-state index contributed by atoms with van der Waals surface area (Å²) >= 11 is -2.14. The Morgan fingerprint density at radius 3 is 2.32 bits per heavy atom. The van der Waals surface area contributed by atoms with Crippen LogP contribution in [0.4, 0.5) is 4.79 Å². The second-order valence-electron chi connectivity index (χ2n) is 6.95. The highest BCUT2D eigenvalue weighted by Gasteiger charge is 2.30. The van der Waals surface area contributed by atoms with Crippen LogP contribution in [0.2, 0.25) is 0 Å². The average molecular weight is 377 g/mol. The fourth-order valence-corrected chi connectivity index (χ4v) is 2.91. The van der Waals surface area contributed by atoms with Crippen molar-refractivity contribution in [2.75, 3.05) is 26.7 Å². The molecule has 0 radical (unpaired) electrons. The lowest BCUT2D eigenvalue weighted by Gasteiger charge is -2.30. The Morgan fingerprint density at radius 2 is 1.92 bits per heavy atom. The number of carbonyl (C=O) groups excluding carboxylic acids is 2. The van der Waals surface area contributed by atoms with E-state index in [1.807, 2.05) is 20.8 Å². The van der Waals surface area contributed by atoms with Crippen LogP contribution in [0.5, 0.6) is 0 Å². The standard InChI is InChI=1S/C16H32N4O4S/c1-7-13(11-20(25(23)24)10-8-9-17-6)18-15(22)19-14(12(2)21)16(3,4)5/h7,13-14,17H,1,8-11H2,2-6H3,(H,23,24)(H2,18,19,22)/t13-,14+/m0/s1. The molecule has 1 unspecified atom stereocenters. The number of carbonyl (C=O) groups is 2. The Kier molecular flexibility index (Phi) is 10.8. The fourth-order valence-electron chi connectivity index (χ4n) is 2.33. The van der Waals surface area contributed by atoms with Crippen LogP contribution in [-0.2, 0) is 16.1 Å². The normalized spacial score (nSPS) is 15.3. The molecule has 146 valence electrons. The summed E-state index contributed by atoms with van der Waals surface area (Å²) in [6, 6.07) is -1.67. The van der Waals surface area contributed by atoms with Crippen molar-refractivity contribution in [3.63, 3.8) is 0 Å². The highest BCUT2D eigenvalue weighted by Crippen LogP contribution is 2.19. The molecular formula is C16H32N4O4S. The lowest BCUT2D eigenvalue weighted by atomic mass is 9.84. The van der Waals surface area contributed by atoms with E-state index in [1.54, 1.807) is 7.05 Å². The third-order valence-electron chi connectivity index (χ3n) is 3.60. The first-order chi connectivity index (χ1) is 11.5. The molecule has 0 spiro atoms. The molecule has 4 N–H and O–H groups in total. The predicted molar refractivity (Wildman–Crippen MR) is 100 cm³/mol. The van der Waals surface area contributed by atoms with Crippen LogP contribution in [-0.4, -0.2) is 63.6 Å². The van der Waals surface area contributed by atoms with Gasteiger partial charge in [-0.3, -0.25) is 9.35 Å². The van der Waals surface area contributed by atoms with Crippen molar-refractivity contribution in [1.82, 2.24) is 20.3 Å². The van der Waals surface area contributed by atoms with Gasteiger partial charge in [0.25, 0.3) is 0 Å². The van der Waals surface area contributed by atoms with E-state index in [2.05, 4.69) is 22.5 Å². The third-order valence-corrected chi connectivity index (χ3v) is 4.38. The summed E-state index contributed by atoms with van der Waals surface area (Å²) in [7, 11) is 1.80. The number of nitrogens with zero attached hydrogens (tertiary/aromatic N) is 1. The van der Waals surface area contributed by atoms with Gasteiger partial charge in [0.05, 0.1) is 12.1 Å². The molecular weight excluding hydrogens is 344 g/mol. The minimum absolute atomic E-state index is 0.136. The van der Waals surface area contributed by atoms with Gasteiger partial charge in [0.15, 0.2) is 5.78 Å². The van der Waals surface area contributed by atoms with Crippen LogP contribution in [0.3, 0.4) is 0 Å². The van der Waals surface area contributed by atoms with Crippen LogP contribution >= 0.6 is 0 Å². The molecule has 2 amide bonds. The Hall–Kier alpha value is -1.29. The van der Waals surface area contributed by atoms with Gasteiger partial charge in [-0.15, -0.1) is 6.58 Å². The van der Waals surface area contributed by atoms with Crippen molar-refractivity contribution in [3.8, 4) is 0 Å². The first-order valence-electron chi connectivity index (χ1n) is 8.23. The number of ketones is 1. The zero-order chi connectivity index (χ0) is 19.6. The smallest absolute Gasteiger partial charge is 0.315 e. The summed E-state index contributed by atoms with van der Waals surface area (Å²) in [6.45, 7) is 11.9. The Balaban J connectivity index is 4.78. The molecule has 0 aromatic rings. The van der Waals surface area contributed by atoms with Gasteiger partial charge in [-0.1, -0.05) is 26.8 Å². The second-order valence-corrected chi connectivity index (χ2v) is 7.92. The van der Waals surface area contributed by atoms with Gasteiger partial charge in [-0.05, 0) is 32.4 Å². The zero-order valence-electron chi connectivity index (χ0n) is 15.8. The lowest BCUT2D eigenvalue weighted by Crippen LogP contribution is -2.54. The van der Waals surface area contributed by atoms with Gasteiger partial charge < -0.3 is 16.0 Å². The molecule has 25 heavy (non-hydrogen) atoms. The molecule has 0 fully saturated rings. The van der Waals surface area contributed by atoms with Crippen LogP contribution < -0.4 is 16.0 Å². The van der Waals surface area contributed by atoms with Crippen molar-refractivity contribution in [2.24, 2.45) is 5.41 Å². The van der Waals surface area contributed by atoms with Crippen LogP contribution in [0.25, 0.3) is 0 Å². The summed E-state index contributed by atoms with van der Waals surface area (Å²) in [6.07, 6.45) is 2.19. The van der Waals surface area contributed by atoms with Crippen molar-refractivity contribution in [1.29, 1.82) is 0 Å². The number of hydrogen-bond donors (Lipinski definition) is 4. The summed E-state index contributed by atoms with van der Waals surface area (Å²) in [5.41, 5.74) is -0.418. The third kappa shape index (κ3) is 9.69. The van der Waals surface area contributed by atoms with Gasteiger partial charge in [0.2, 0.25) is 11.3 Å². The minimum atomic E-state index is -2.14. The molecule has 0 aromatic carbocycles. The summed E-state index contributed by atoms with van der Waals surface area (Å²) in [5, 5.41) is 8.31. The SMILES string of the molecule is C=C[C@@H](CN(CCCNC)S(=O)O)NC(=O)N[C@H](C(C)=O)C(C)(C)C. The maximum Gasteiger partial charge on any atom is 0.315 e. The molecule has 9 heteroatoms. The molecule has 0 aliphatic heterocycles. The molecule has 0 bridgehead atoms. The molecule has 0 rings (SSSR count). The molecule has 3 atom stereocenters. The van der Waals surface area contributed by atoms with Gasteiger partial charge in [-0.25, -0.2) is 9.00 Å². The first-order valence-corrected chi connectivity index (χ1v) is 9.29. The van der Waals surface area contributed by atoms with E-state index in [0.717, 1.165) is 0 Å². The molecule has 8 nitrogen and oxygen atoms in total. The number of urea groups is 1. The second kappa shape index (κ2) is 11.3. The van der Waals surface area contributed by atoms with Crippen molar-refractivity contribution < 1.29 is 18.4 Å². The van der Waals surface area contributed by atoms with Gasteiger partial charge in [0, 0.05) is 13.1 Å². The lowest BCUT2D eigenvalue weighted by molar-refractivity contribution is -0.121. The molecule has 0 saturated heterocycles. The van der Waals surface area contributed by atoms with E-state index < -0.39 is 34.8 Å². The van der Waals surface area contributed by atoms with Crippen LogP contribution in [0, 0.1) is 5.41 Å². The Morgan fingerprint density at radius 1 is 1.32 bits per heavy atom. The summed E-state index contributed by atoms with van der Waals surface area (Å²) in [5.74, 6) is -0.136. The highest BCUT2D eigenvalue weighted by molar-refractivity contribution is 7.76.